The maximum absolute atomic E-state index is 12.7. The highest BCUT2D eigenvalue weighted by atomic mass is 32.1. The highest BCUT2D eigenvalue weighted by molar-refractivity contribution is 7.13. The van der Waals surface area contributed by atoms with Crippen molar-refractivity contribution in [2.45, 2.75) is 104 Å². The lowest BCUT2D eigenvalue weighted by Gasteiger charge is -1.99. The van der Waals surface area contributed by atoms with Crippen LogP contribution in [0.2, 0.25) is 0 Å². The Balaban J connectivity index is 1.60. The lowest BCUT2D eigenvalue weighted by Crippen LogP contribution is -2.46. The molecule has 0 bridgehead atoms. The molecule has 36 heavy (non-hydrogen) atoms. The molecule has 3 heterocycles. The van der Waals surface area contributed by atoms with E-state index in [0.29, 0.717) is 10.7 Å². The summed E-state index contributed by atoms with van der Waals surface area (Å²) in [6, 6.07) is 8.34. The molecule has 0 aliphatic carbocycles. The number of unbranched alkanes of at least 4 members (excludes halogenated alkanes) is 10. The first kappa shape index (κ1) is 28.4. The number of nitrogens with one attached hydrogen (secondary N) is 2. The zero-order chi connectivity index (χ0) is 25.6. The Labute approximate surface area is 223 Å². The minimum absolute atomic E-state index is 0.268. The molecule has 6 heteroatoms. The van der Waals surface area contributed by atoms with Gasteiger partial charge in [-0.3, -0.25) is 9.59 Å². The first-order valence-electron chi connectivity index (χ1n) is 13.8. The molecule has 3 aromatic rings. The van der Waals surface area contributed by atoms with Gasteiger partial charge in [0.05, 0.1) is 0 Å². The van der Waals surface area contributed by atoms with E-state index >= 15 is 0 Å². The second kappa shape index (κ2) is 15.8. The number of rotatable bonds is 16. The Bertz CT molecular complexity index is 1180. The van der Waals surface area contributed by atoms with Crippen molar-refractivity contribution >= 4 is 34.8 Å². The summed E-state index contributed by atoms with van der Waals surface area (Å²) >= 11 is 3.39. The minimum Gasteiger partial charge on any atom is -0.316 e. The highest BCUT2D eigenvalue weighted by Crippen LogP contribution is 2.21. The molecule has 4 nitrogen and oxygen atoms in total. The van der Waals surface area contributed by atoms with Gasteiger partial charge in [-0.05, 0) is 62.1 Å². The third-order valence-electron chi connectivity index (χ3n) is 6.48. The number of aromatic amines is 2. The molecule has 0 fully saturated rings. The third-order valence-corrected chi connectivity index (χ3v) is 8.66. The SMILES string of the molecule is CCCCCCCCc1ccc(/C=c2\[nH]c(=O)/c(=C/c3ccc(CCCCCCCC)s3)[nH]c2=O)s1. The van der Waals surface area contributed by atoms with Crippen molar-refractivity contribution in [1.29, 1.82) is 0 Å². The summed E-state index contributed by atoms with van der Waals surface area (Å²) in [6.45, 7) is 4.48. The summed E-state index contributed by atoms with van der Waals surface area (Å²) in [6.07, 6.45) is 21.2. The fourth-order valence-corrected chi connectivity index (χ4v) is 6.35. The predicted octanol–water partition coefficient (Wildman–Crippen LogP) is 6.65. The van der Waals surface area contributed by atoms with Crippen LogP contribution in [0.5, 0.6) is 0 Å². The van der Waals surface area contributed by atoms with E-state index in [1.807, 2.05) is 12.1 Å². The molecule has 0 aromatic carbocycles. The lowest BCUT2D eigenvalue weighted by atomic mass is 10.1. The first-order valence-corrected chi connectivity index (χ1v) is 15.5. The number of aromatic nitrogens is 2. The van der Waals surface area contributed by atoms with Crippen molar-refractivity contribution in [3.8, 4) is 0 Å². The molecular weight excluding hydrogens is 484 g/mol. The summed E-state index contributed by atoms with van der Waals surface area (Å²) in [4.78, 5) is 35.6. The average Bonchev–Trinajstić information content (AvgIpc) is 3.51. The van der Waals surface area contributed by atoms with Crippen molar-refractivity contribution in [1.82, 2.24) is 9.97 Å². The van der Waals surface area contributed by atoms with Crippen LogP contribution >= 0.6 is 22.7 Å². The van der Waals surface area contributed by atoms with Crippen LogP contribution in [-0.2, 0) is 12.8 Å². The minimum atomic E-state index is -0.268. The fraction of sp³-hybridized carbons (Fsp3) is 0.533. The molecular formula is C30H42N2O2S2. The summed E-state index contributed by atoms with van der Waals surface area (Å²) in [5, 5.41) is 0.611. The standard InChI is InChI=1S/C30H42N2O2S2/c1-3-5-7-9-11-13-15-23-17-19-25(35-23)21-27-29(33)32-28(30(34)31-27)22-26-20-18-24(36-26)16-14-12-10-8-6-4-2/h17-22H,3-16H2,1-2H3,(H,31,34)(H,32,33)/b27-21-,28-22-. The number of aryl methyl sites for hydroxylation is 2. The van der Waals surface area contributed by atoms with E-state index in [-0.39, 0.29) is 11.1 Å². The van der Waals surface area contributed by atoms with Crippen LogP contribution in [0.3, 0.4) is 0 Å². The molecule has 0 unspecified atom stereocenters. The van der Waals surface area contributed by atoms with E-state index in [0.717, 1.165) is 22.6 Å². The van der Waals surface area contributed by atoms with Gasteiger partial charge >= 0.3 is 0 Å². The first-order chi connectivity index (χ1) is 17.6. The molecule has 0 saturated heterocycles. The topological polar surface area (TPSA) is 65.7 Å². The molecule has 3 rings (SSSR count). The smallest absolute Gasteiger partial charge is 0.272 e. The van der Waals surface area contributed by atoms with Crippen molar-refractivity contribution in [3.05, 3.63) is 75.2 Å². The molecule has 0 radical (unpaired) electrons. The fourth-order valence-electron chi connectivity index (χ4n) is 4.35. The Morgan fingerprint density at radius 1 is 0.583 bits per heavy atom. The van der Waals surface area contributed by atoms with Crippen LogP contribution in [0.15, 0.2) is 33.9 Å². The van der Waals surface area contributed by atoms with Gasteiger partial charge in [0.2, 0.25) is 0 Å². The molecule has 0 spiro atoms. The van der Waals surface area contributed by atoms with E-state index in [1.165, 1.54) is 86.8 Å². The van der Waals surface area contributed by atoms with Gasteiger partial charge in [-0.1, -0.05) is 78.1 Å². The molecule has 0 amide bonds. The van der Waals surface area contributed by atoms with Crippen LogP contribution in [0.4, 0.5) is 0 Å². The monoisotopic (exact) mass is 526 g/mol. The maximum Gasteiger partial charge on any atom is 0.272 e. The Morgan fingerprint density at radius 2 is 0.972 bits per heavy atom. The normalized spacial score (nSPS) is 12.6. The largest absolute Gasteiger partial charge is 0.316 e. The molecule has 0 saturated carbocycles. The van der Waals surface area contributed by atoms with Gasteiger partial charge in [-0.15, -0.1) is 22.7 Å². The van der Waals surface area contributed by atoms with Gasteiger partial charge < -0.3 is 9.97 Å². The summed E-state index contributed by atoms with van der Waals surface area (Å²) in [5.74, 6) is 0. The summed E-state index contributed by atoms with van der Waals surface area (Å²) in [7, 11) is 0. The van der Waals surface area contributed by atoms with Crippen molar-refractivity contribution in [3.63, 3.8) is 0 Å². The lowest BCUT2D eigenvalue weighted by molar-refractivity contribution is 0.609. The van der Waals surface area contributed by atoms with Gasteiger partial charge in [0, 0.05) is 19.5 Å². The zero-order valence-corrected chi connectivity index (χ0v) is 23.6. The Morgan fingerprint density at radius 3 is 1.39 bits per heavy atom. The van der Waals surface area contributed by atoms with Gasteiger partial charge in [-0.25, -0.2) is 0 Å². The molecule has 196 valence electrons. The van der Waals surface area contributed by atoms with Crippen LogP contribution in [-0.4, -0.2) is 9.97 Å². The molecule has 2 N–H and O–H groups in total. The predicted molar refractivity (Wildman–Crippen MR) is 157 cm³/mol. The van der Waals surface area contributed by atoms with E-state index in [9.17, 15) is 9.59 Å². The van der Waals surface area contributed by atoms with Crippen LogP contribution < -0.4 is 21.8 Å². The number of H-pyrrole nitrogens is 2. The average molecular weight is 527 g/mol. The third kappa shape index (κ3) is 9.70. The van der Waals surface area contributed by atoms with Crippen LogP contribution in [0.1, 0.15) is 110 Å². The van der Waals surface area contributed by atoms with Crippen molar-refractivity contribution < 1.29 is 0 Å². The summed E-state index contributed by atoms with van der Waals surface area (Å²) in [5.41, 5.74) is -0.536. The van der Waals surface area contributed by atoms with Crippen molar-refractivity contribution in [2.24, 2.45) is 0 Å². The Kier molecular flexibility index (Phi) is 12.5. The van der Waals surface area contributed by atoms with Crippen LogP contribution in [0.25, 0.3) is 12.2 Å². The van der Waals surface area contributed by atoms with Gasteiger partial charge in [0.1, 0.15) is 10.7 Å². The summed E-state index contributed by atoms with van der Waals surface area (Å²) < 4.78 is 0. The molecule has 3 aromatic heterocycles. The van der Waals surface area contributed by atoms with Crippen LogP contribution in [0, 0.1) is 0 Å². The number of hydrogen-bond donors (Lipinski definition) is 2. The van der Waals surface area contributed by atoms with E-state index in [2.05, 4.69) is 35.9 Å². The second-order valence-electron chi connectivity index (χ2n) is 9.67. The van der Waals surface area contributed by atoms with E-state index in [4.69, 9.17) is 0 Å². The van der Waals surface area contributed by atoms with E-state index < -0.39 is 0 Å². The number of thiophene rings is 2. The molecule has 0 aliphatic rings. The quantitative estimate of drug-likeness (QED) is 0.205. The zero-order valence-electron chi connectivity index (χ0n) is 22.0. The molecule has 0 atom stereocenters. The van der Waals surface area contributed by atoms with Gasteiger partial charge in [-0.2, -0.15) is 0 Å². The van der Waals surface area contributed by atoms with Gasteiger partial charge in [0.15, 0.2) is 0 Å². The maximum atomic E-state index is 12.7. The van der Waals surface area contributed by atoms with Gasteiger partial charge in [0.25, 0.3) is 11.1 Å². The molecule has 0 aliphatic heterocycles. The van der Waals surface area contributed by atoms with E-state index in [1.54, 1.807) is 34.8 Å². The second-order valence-corrected chi connectivity index (χ2v) is 12.1. The van der Waals surface area contributed by atoms with Crippen molar-refractivity contribution in [2.75, 3.05) is 0 Å². The number of hydrogen-bond acceptors (Lipinski definition) is 4. The Hall–Kier alpha value is -2.18. The highest BCUT2D eigenvalue weighted by Gasteiger charge is 2.03.